The molecule has 5 aromatic rings. The average molecular weight is 460 g/mol. The van der Waals surface area contributed by atoms with Crippen LogP contribution in [0.4, 0.5) is 11.5 Å². The minimum absolute atomic E-state index is 0.114. The van der Waals surface area contributed by atoms with Crippen molar-refractivity contribution in [2.45, 2.75) is 6.54 Å². The van der Waals surface area contributed by atoms with E-state index in [9.17, 15) is 4.79 Å². The Morgan fingerprint density at radius 3 is 2.53 bits per heavy atom. The number of H-pyrrole nitrogens is 1. The van der Waals surface area contributed by atoms with Crippen LogP contribution in [0.1, 0.15) is 5.89 Å². The van der Waals surface area contributed by atoms with Crippen LogP contribution in [-0.4, -0.2) is 49.1 Å². The van der Waals surface area contributed by atoms with Crippen molar-refractivity contribution in [3.63, 3.8) is 0 Å². The number of benzene rings is 1. The Labute approximate surface area is 192 Å². The first kappa shape index (κ1) is 21.1. The van der Waals surface area contributed by atoms with Gasteiger partial charge in [0.15, 0.2) is 5.65 Å². The molecule has 0 radical (unpaired) electrons. The van der Waals surface area contributed by atoms with E-state index in [2.05, 4.69) is 25.3 Å². The number of anilines is 2. The highest BCUT2D eigenvalue weighted by Crippen LogP contribution is 2.33. The molecule has 0 bridgehead atoms. The lowest BCUT2D eigenvalue weighted by molar-refractivity contribution is 0.394. The van der Waals surface area contributed by atoms with Crippen LogP contribution in [0.5, 0.6) is 11.5 Å². The van der Waals surface area contributed by atoms with Gasteiger partial charge in [0.05, 0.1) is 38.0 Å². The van der Waals surface area contributed by atoms with E-state index in [1.54, 1.807) is 43.4 Å². The van der Waals surface area contributed by atoms with E-state index < -0.39 is 5.76 Å². The van der Waals surface area contributed by atoms with Crippen molar-refractivity contribution in [3.05, 3.63) is 65.4 Å². The van der Waals surface area contributed by atoms with E-state index in [0.717, 1.165) is 5.56 Å². The van der Waals surface area contributed by atoms with Gasteiger partial charge in [-0.05, 0) is 12.1 Å². The maximum atomic E-state index is 11.5. The number of aromatic amines is 1. The molecule has 0 amide bonds. The zero-order valence-electron chi connectivity index (χ0n) is 18.6. The molecule has 4 aromatic heterocycles. The minimum atomic E-state index is -0.642. The van der Waals surface area contributed by atoms with Crippen molar-refractivity contribution in [2.24, 2.45) is 7.05 Å². The van der Waals surface area contributed by atoms with Crippen LogP contribution in [0.25, 0.3) is 22.4 Å². The summed E-state index contributed by atoms with van der Waals surface area (Å²) in [5, 5.41) is 10.4. The zero-order chi connectivity index (χ0) is 23.7. The van der Waals surface area contributed by atoms with E-state index >= 15 is 0 Å². The number of nitrogens with one attached hydrogen (secondary N) is 1. The summed E-state index contributed by atoms with van der Waals surface area (Å²) in [5.41, 5.74) is 3.24. The van der Waals surface area contributed by atoms with E-state index in [1.807, 2.05) is 36.3 Å². The highest BCUT2D eigenvalue weighted by Gasteiger charge is 2.18. The largest absolute Gasteiger partial charge is 0.497 e. The van der Waals surface area contributed by atoms with Crippen LogP contribution in [-0.2, 0) is 13.6 Å². The fraction of sp³-hybridized carbons (Fsp3) is 0.182. The van der Waals surface area contributed by atoms with Gasteiger partial charge in [-0.15, -0.1) is 5.10 Å². The molecule has 12 nitrogen and oxygen atoms in total. The summed E-state index contributed by atoms with van der Waals surface area (Å²) in [5.74, 6) is 1.25. The highest BCUT2D eigenvalue weighted by atomic mass is 16.5. The number of hydrogen-bond acceptors (Lipinski definition) is 10. The second-order valence-corrected chi connectivity index (χ2v) is 7.33. The standard InChI is InChI=1S/C22H20N8O4/c1-29-11-13(9-24-29)18-10-23-17-4-5-19(26-21(17)25-18)30(12-20-27-28-22(31)34-20)14-6-15(32-2)8-16(7-14)33-3/h4-11H,12H2,1-3H3,(H,28,31). The first-order chi connectivity index (χ1) is 16.5. The van der Waals surface area contributed by atoms with E-state index in [0.29, 0.717) is 39.9 Å². The van der Waals surface area contributed by atoms with Gasteiger partial charge in [0.1, 0.15) is 29.4 Å². The Kier molecular flexibility index (Phi) is 5.38. The molecule has 0 atom stereocenters. The summed E-state index contributed by atoms with van der Waals surface area (Å²) in [6.07, 6.45) is 5.26. The summed E-state index contributed by atoms with van der Waals surface area (Å²) < 4.78 is 17.7. The molecule has 1 N–H and O–H groups in total. The monoisotopic (exact) mass is 460 g/mol. The highest BCUT2D eigenvalue weighted by molar-refractivity contribution is 5.77. The van der Waals surface area contributed by atoms with Crippen molar-refractivity contribution in [3.8, 4) is 22.8 Å². The second-order valence-electron chi connectivity index (χ2n) is 7.33. The van der Waals surface area contributed by atoms with E-state index in [1.165, 1.54) is 0 Å². The summed E-state index contributed by atoms with van der Waals surface area (Å²) in [4.78, 5) is 27.2. The molecule has 0 aliphatic carbocycles. The van der Waals surface area contributed by atoms with E-state index in [4.69, 9.17) is 18.9 Å². The molecular weight excluding hydrogens is 440 g/mol. The summed E-state index contributed by atoms with van der Waals surface area (Å²) in [7, 11) is 4.97. The van der Waals surface area contributed by atoms with Crippen LogP contribution >= 0.6 is 0 Å². The molecule has 0 saturated heterocycles. The fourth-order valence-corrected chi connectivity index (χ4v) is 3.45. The molecule has 5 rings (SSSR count). The first-order valence-electron chi connectivity index (χ1n) is 10.2. The molecule has 12 heteroatoms. The third-order valence-corrected chi connectivity index (χ3v) is 5.09. The molecule has 1 aromatic carbocycles. The van der Waals surface area contributed by atoms with Gasteiger partial charge in [-0.25, -0.2) is 19.9 Å². The Morgan fingerprint density at radius 2 is 1.88 bits per heavy atom. The van der Waals surface area contributed by atoms with Crippen molar-refractivity contribution in [1.82, 2.24) is 34.9 Å². The molecule has 172 valence electrons. The van der Waals surface area contributed by atoms with Crippen molar-refractivity contribution in [1.29, 1.82) is 0 Å². The van der Waals surface area contributed by atoms with Gasteiger partial charge in [-0.3, -0.25) is 9.67 Å². The molecular formula is C22H20N8O4. The number of fused-ring (bicyclic) bond motifs is 1. The number of hydrogen-bond donors (Lipinski definition) is 1. The van der Waals surface area contributed by atoms with Gasteiger partial charge in [-0.2, -0.15) is 5.10 Å². The number of nitrogens with zero attached hydrogens (tertiary/aromatic N) is 7. The van der Waals surface area contributed by atoms with Crippen LogP contribution in [0.2, 0.25) is 0 Å². The minimum Gasteiger partial charge on any atom is -0.497 e. The normalized spacial score (nSPS) is 11.0. The summed E-state index contributed by atoms with van der Waals surface area (Å²) in [6.45, 7) is 0.114. The molecule has 0 unspecified atom stereocenters. The van der Waals surface area contributed by atoms with Crippen LogP contribution < -0.4 is 20.1 Å². The summed E-state index contributed by atoms with van der Waals surface area (Å²) >= 11 is 0. The lowest BCUT2D eigenvalue weighted by Gasteiger charge is -2.23. The second kappa shape index (κ2) is 8.65. The Balaban J connectivity index is 1.62. The molecule has 34 heavy (non-hydrogen) atoms. The van der Waals surface area contributed by atoms with Crippen molar-refractivity contribution in [2.75, 3.05) is 19.1 Å². The molecule has 0 aliphatic heterocycles. The molecule has 0 aliphatic rings. The zero-order valence-corrected chi connectivity index (χ0v) is 18.6. The van der Waals surface area contributed by atoms with Crippen molar-refractivity contribution >= 4 is 22.7 Å². The van der Waals surface area contributed by atoms with Gasteiger partial charge in [0.2, 0.25) is 5.89 Å². The van der Waals surface area contributed by atoms with Crippen LogP contribution in [0.3, 0.4) is 0 Å². The van der Waals surface area contributed by atoms with Gasteiger partial charge in [0, 0.05) is 37.0 Å². The third-order valence-electron chi connectivity index (χ3n) is 5.09. The number of rotatable bonds is 7. The van der Waals surface area contributed by atoms with Gasteiger partial charge < -0.3 is 18.8 Å². The van der Waals surface area contributed by atoms with Crippen molar-refractivity contribution < 1.29 is 13.9 Å². The fourth-order valence-electron chi connectivity index (χ4n) is 3.45. The van der Waals surface area contributed by atoms with E-state index in [-0.39, 0.29) is 12.4 Å². The number of aryl methyl sites for hydroxylation is 1. The summed E-state index contributed by atoms with van der Waals surface area (Å²) in [6, 6.07) is 9.02. The molecule has 0 fully saturated rings. The van der Waals surface area contributed by atoms with Gasteiger partial charge in [0.25, 0.3) is 0 Å². The molecule has 4 heterocycles. The average Bonchev–Trinajstić information content (AvgIpc) is 3.49. The Hall–Kier alpha value is -4.74. The quantitative estimate of drug-likeness (QED) is 0.385. The number of methoxy groups -OCH3 is 2. The van der Waals surface area contributed by atoms with Crippen LogP contribution in [0, 0.1) is 0 Å². The lowest BCUT2D eigenvalue weighted by atomic mass is 10.2. The van der Waals surface area contributed by atoms with Gasteiger partial charge in [-0.1, -0.05) is 0 Å². The topological polar surface area (TPSA) is 137 Å². The number of pyridine rings is 1. The SMILES string of the molecule is COc1cc(OC)cc(N(Cc2n[nH]c(=O)o2)c2ccc3ncc(-c4cnn(C)c4)nc3n2)c1. The third kappa shape index (κ3) is 4.16. The number of ether oxygens (including phenoxy) is 2. The predicted octanol–water partition coefficient (Wildman–Crippen LogP) is 2.46. The molecule has 0 spiro atoms. The molecule has 0 saturated carbocycles. The predicted molar refractivity (Wildman–Crippen MR) is 122 cm³/mol. The maximum Gasteiger partial charge on any atom is 0.434 e. The lowest BCUT2D eigenvalue weighted by Crippen LogP contribution is -2.18. The number of aromatic nitrogens is 7. The first-order valence-corrected chi connectivity index (χ1v) is 10.2. The maximum absolute atomic E-state index is 11.5. The van der Waals surface area contributed by atoms with Gasteiger partial charge >= 0.3 is 5.76 Å². The van der Waals surface area contributed by atoms with Crippen LogP contribution in [0.15, 0.2) is 58.1 Å². The smallest absolute Gasteiger partial charge is 0.434 e. The Bertz CT molecular complexity index is 1500. The Morgan fingerprint density at radius 1 is 1.09 bits per heavy atom.